The van der Waals surface area contributed by atoms with Gasteiger partial charge in [0.05, 0.1) is 17.1 Å². The third kappa shape index (κ3) is 4.38. The molecule has 118 valence electrons. The molecule has 0 aliphatic carbocycles. The lowest BCUT2D eigenvalue weighted by atomic mass is 9.96. The fraction of sp³-hybridized carbons (Fsp3) is 0.400. The highest BCUT2D eigenvalue weighted by Crippen LogP contribution is 2.31. The number of carbonyl (C=O) groups excluding carboxylic acids is 2. The summed E-state index contributed by atoms with van der Waals surface area (Å²) < 4.78 is 0. The fourth-order valence-electron chi connectivity index (χ4n) is 1.55. The van der Waals surface area contributed by atoms with Crippen molar-refractivity contribution in [1.82, 2.24) is 10.3 Å². The number of rotatable bonds is 4. The highest BCUT2D eigenvalue weighted by molar-refractivity contribution is 7.17. The average Bonchev–Trinajstić information content (AvgIpc) is 3.03. The summed E-state index contributed by atoms with van der Waals surface area (Å²) in [5, 5.41) is 8.13. The molecular formula is C15H19N3O2S2. The molecule has 2 heterocycles. The van der Waals surface area contributed by atoms with Gasteiger partial charge in [-0.15, -0.1) is 22.7 Å². The first-order valence-electron chi connectivity index (χ1n) is 6.86. The lowest BCUT2D eigenvalue weighted by Crippen LogP contribution is -2.27. The molecule has 0 radical (unpaired) electrons. The van der Waals surface area contributed by atoms with Crippen molar-refractivity contribution in [3.05, 3.63) is 22.4 Å². The van der Waals surface area contributed by atoms with Gasteiger partial charge in [-0.2, -0.15) is 0 Å². The molecule has 0 aromatic carbocycles. The second-order valence-electron chi connectivity index (χ2n) is 5.92. The molecule has 0 saturated carbocycles. The number of anilines is 1. The van der Waals surface area contributed by atoms with E-state index in [0.29, 0.717) is 11.7 Å². The van der Waals surface area contributed by atoms with Crippen LogP contribution in [0.3, 0.4) is 0 Å². The van der Waals surface area contributed by atoms with E-state index in [4.69, 9.17) is 0 Å². The van der Waals surface area contributed by atoms with Crippen molar-refractivity contribution in [3.8, 4) is 10.6 Å². The second kappa shape index (κ2) is 6.58. The second-order valence-corrected chi connectivity index (χ2v) is 7.94. The predicted molar refractivity (Wildman–Crippen MR) is 91.0 cm³/mol. The molecule has 0 aliphatic heterocycles. The molecule has 2 amide bonds. The van der Waals surface area contributed by atoms with E-state index < -0.39 is 5.41 Å². The highest BCUT2D eigenvalue weighted by Gasteiger charge is 2.22. The van der Waals surface area contributed by atoms with E-state index >= 15 is 0 Å². The molecule has 5 nitrogen and oxygen atoms in total. The third-order valence-corrected chi connectivity index (χ3v) is 4.70. The molecule has 2 rings (SSSR count). The van der Waals surface area contributed by atoms with Crippen LogP contribution in [0.5, 0.6) is 0 Å². The van der Waals surface area contributed by atoms with Gasteiger partial charge in [0.1, 0.15) is 0 Å². The molecule has 0 bridgehead atoms. The maximum atomic E-state index is 12.0. The molecule has 0 atom stereocenters. The SMILES string of the molecule is CC(=O)NCc1ccc(-c2csc(NC(=O)C(C)(C)C)n2)s1. The molecule has 22 heavy (non-hydrogen) atoms. The van der Waals surface area contributed by atoms with Gasteiger partial charge in [0.15, 0.2) is 5.13 Å². The number of carbonyl (C=O) groups is 2. The Labute approximate surface area is 137 Å². The van der Waals surface area contributed by atoms with Gasteiger partial charge in [-0.1, -0.05) is 20.8 Å². The van der Waals surface area contributed by atoms with Crippen LogP contribution in [-0.2, 0) is 16.1 Å². The molecule has 0 spiro atoms. The minimum Gasteiger partial charge on any atom is -0.351 e. The quantitative estimate of drug-likeness (QED) is 0.897. The van der Waals surface area contributed by atoms with Crippen molar-refractivity contribution in [2.75, 3.05) is 5.32 Å². The first kappa shape index (κ1) is 16.6. The van der Waals surface area contributed by atoms with Crippen molar-refractivity contribution >= 4 is 39.6 Å². The summed E-state index contributed by atoms with van der Waals surface area (Å²) in [5.74, 6) is -0.0956. The van der Waals surface area contributed by atoms with Crippen LogP contribution in [0.1, 0.15) is 32.6 Å². The van der Waals surface area contributed by atoms with E-state index in [1.165, 1.54) is 18.3 Å². The van der Waals surface area contributed by atoms with E-state index in [1.54, 1.807) is 11.3 Å². The molecule has 2 N–H and O–H groups in total. The monoisotopic (exact) mass is 337 g/mol. The summed E-state index contributed by atoms with van der Waals surface area (Å²) in [5.41, 5.74) is 0.397. The minimum atomic E-state index is -0.444. The Morgan fingerprint density at radius 3 is 2.64 bits per heavy atom. The maximum Gasteiger partial charge on any atom is 0.231 e. The molecule has 0 unspecified atom stereocenters. The Morgan fingerprint density at radius 1 is 1.27 bits per heavy atom. The zero-order valence-corrected chi connectivity index (χ0v) is 14.7. The summed E-state index contributed by atoms with van der Waals surface area (Å²) >= 11 is 2.99. The number of hydrogen-bond acceptors (Lipinski definition) is 5. The van der Waals surface area contributed by atoms with E-state index in [9.17, 15) is 9.59 Å². The lowest BCUT2D eigenvalue weighted by Gasteiger charge is -2.15. The van der Waals surface area contributed by atoms with Gasteiger partial charge in [0.25, 0.3) is 0 Å². The molecule has 0 fully saturated rings. The first-order valence-corrected chi connectivity index (χ1v) is 8.56. The molecule has 2 aromatic rings. The summed E-state index contributed by atoms with van der Waals surface area (Å²) in [6.45, 7) is 7.62. The van der Waals surface area contributed by atoms with Gasteiger partial charge in [-0.25, -0.2) is 4.98 Å². The fourth-order valence-corrected chi connectivity index (χ4v) is 3.24. The highest BCUT2D eigenvalue weighted by atomic mass is 32.1. The van der Waals surface area contributed by atoms with E-state index in [-0.39, 0.29) is 11.8 Å². The van der Waals surface area contributed by atoms with Crippen LogP contribution in [0.15, 0.2) is 17.5 Å². The predicted octanol–water partition coefficient (Wildman–Crippen LogP) is 3.49. The Kier molecular flexibility index (Phi) is 4.97. The van der Waals surface area contributed by atoms with Gasteiger partial charge in [-0.05, 0) is 12.1 Å². The third-order valence-electron chi connectivity index (χ3n) is 2.83. The first-order chi connectivity index (χ1) is 10.3. The van der Waals surface area contributed by atoms with Gasteiger partial charge < -0.3 is 10.6 Å². The van der Waals surface area contributed by atoms with E-state index in [1.807, 2.05) is 38.3 Å². The number of thiophene rings is 1. The summed E-state index contributed by atoms with van der Waals surface area (Å²) in [6, 6.07) is 3.95. The topological polar surface area (TPSA) is 71.1 Å². The van der Waals surface area contributed by atoms with Crippen LogP contribution in [0.2, 0.25) is 0 Å². The van der Waals surface area contributed by atoms with Crippen LogP contribution >= 0.6 is 22.7 Å². The van der Waals surface area contributed by atoms with Crippen LogP contribution in [0.25, 0.3) is 10.6 Å². The Bertz CT molecular complexity index is 683. The molecule has 7 heteroatoms. The van der Waals surface area contributed by atoms with Crippen molar-refractivity contribution in [1.29, 1.82) is 0 Å². The summed E-state index contributed by atoms with van der Waals surface area (Å²) in [4.78, 5) is 29.4. The van der Waals surface area contributed by atoms with Crippen LogP contribution in [-0.4, -0.2) is 16.8 Å². The van der Waals surface area contributed by atoms with Crippen LogP contribution < -0.4 is 10.6 Å². The van der Waals surface area contributed by atoms with Crippen LogP contribution in [0.4, 0.5) is 5.13 Å². The van der Waals surface area contributed by atoms with Gasteiger partial charge in [0.2, 0.25) is 11.8 Å². The van der Waals surface area contributed by atoms with Crippen molar-refractivity contribution in [3.63, 3.8) is 0 Å². The van der Waals surface area contributed by atoms with E-state index in [2.05, 4.69) is 15.6 Å². The zero-order chi connectivity index (χ0) is 16.3. The Morgan fingerprint density at radius 2 is 2.00 bits per heavy atom. The number of thiazole rings is 1. The van der Waals surface area contributed by atoms with E-state index in [0.717, 1.165) is 15.4 Å². The van der Waals surface area contributed by atoms with Crippen molar-refractivity contribution in [2.45, 2.75) is 34.2 Å². The molecule has 2 aromatic heterocycles. The smallest absolute Gasteiger partial charge is 0.231 e. The maximum absolute atomic E-state index is 12.0. The number of hydrogen-bond donors (Lipinski definition) is 2. The molecular weight excluding hydrogens is 318 g/mol. The normalized spacial score (nSPS) is 11.3. The van der Waals surface area contributed by atoms with Gasteiger partial charge in [-0.3, -0.25) is 9.59 Å². The standard InChI is InChI=1S/C15H19N3O2S2/c1-9(19)16-7-10-5-6-12(22-10)11-8-21-14(17-11)18-13(20)15(2,3)4/h5-6,8H,7H2,1-4H3,(H,16,19)(H,17,18,20). The molecule has 0 aliphatic rings. The average molecular weight is 337 g/mol. The van der Waals surface area contributed by atoms with Crippen LogP contribution in [0, 0.1) is 5.41 Å². The Balaban J connectivity index is 2.05. The summed E-state index contributed by atoms with van der Waals surface area (Å²) in [6.07, 6.45) is 0. The van der Waals surface area contributed by atoms with Gasteiger partial charge in [0, 0.05) is 22.6 Å². The van der Waals surface area contributed by atoms with Crippen molar-refractivity contribution < 1.29 is 9.59 Å². The number of aromatic nitrogens is 1. The zero-order valence-electron chi connectivity index (χ0n) is 13.0. The van der Waals surface area contributed by atoms with Gasteiger partial charge >= 0.3 is 0 Å². The summed E-state index contributed by atoms with van der Waals surface area (Å²) in [7, 11) is 0. The number of amides is 2. The largest absolute Gasteiger partial charge is 0.351 e. The Hall–Kier alpha value is -1.73. The minimum absolute atomic E-state index is 0.0456. The number of nitrogens with one attached hydrogen (secondary N) is 2. The lowest BCUT2D eigenvalue weighted by molar-refractivity contribution is -0.123. The molecule has 0 saturated heterocycles. The van der Waals surface area contributed by atoms with Crippen molar-refractivity contribution in [2.24, 2.45) is 5.41 Å². The number of nitrogens with zero attached hydrogens (tertiary/aromatic N) is 1.